The molecule has 3 rings (SSSR count). The van der Waals surface area contributed by atoms with Crippen LogP contribution in [0.15, 0.2) is 77.5 Å². The van der Waals surface area contributed by atoms with E-state index in [1.165, 1.54) is 0 Å². The average Bonchev–Trinajstić information content (AvgIpc) is 2.63. The van der Waals surface area contributed by atoms with Crippen molar-refractivity contribution in [3.05, 3.63) is 73.1 Å². The quantitative estimate of drug-likeness (QED) is 0.722. The molecule has 7 heteroatoms. The number of nitrogens with two attached hydrogens (primary N) is 1. The number of aromatic nitrogens is 1. The van der Waals surface area contributed by atoms with Gasteiger partial charge in [-0.25, -0.2) is 9.98 Å². The molecule has 1 aliphatic rings. The summed E-state index contributed by atoms with van der Waals surface area (Å²) in [6, 6.07) is 13.3. The molecule has 128 valence electrons. The summed E-state index contributed by atoms with van der Waals surface area (Å²) >= 11 is 0. The highest BCUT2D eigenvalue weighted by Crippen LogP contribution is 2.20. The summed E-state index contributed by atoms with van der Waals surface area (Å²) < 4.78 is 5.40. The van der Waals surface area contributed by atoms with Crippen LogP contribution in [0.2, 0.25) is 0 Å². The standard InChI is InChI=1S/C18H20N6O/c1-3-15(25-2)18(19)23-16(13-7-5-4-6-8-13)22-17(24-18)21-14-9-11-20-12-10-14/h3-12,15H,1,19H2,2H3,(H2,20,21,22,23,24). The second kappa shape index (κ2) is 7.25. The highest BCUT2D eigenvalue weighted by Gasteiger charge is 2.37. The lowest BCUT2D eigenvalue weighted by atomic mass is 10.1. The fraction of sp³-hybridized carbons (Fsp3) is 0.167. The second-order valence-electron chi connectivity index (χ2n) is 5.45. The Balaban J connectivity index is 1.98. The number of ether oxygens (including phenoxy) is 1. The maximum absolute atomic E-state index is 6.43. The van der Waals surface area contributed by atoms with Crippen LogP contribution in [0.25, 0.3) is 0 Å². The number of rotatable bonds is 5. The lowest BCUT2D eigenvalue weighted by molar-refractivity contribution is 0.0778. The number of nitrogens with one attached hydrogen (secondary N) is 2. The molecule has 0 aliphatic carbocycles. The smallest absolute Gasteiger partial charge is 0.237 e. The molecule has 2 aromatic rings. The number of methoxy groups -OCH3 is 1. The minimum absolute atomic E-state index is 0.464. The van der Waals surface area contributed by atoms with Crippen LogP contribution in [0.3, 0.4) is 0 Å². The van der Waals surface area contributed by atoms with Crippen LogP contribution in [-0.4, -0.2) is 35.8 Å². The monoisotopic (exact) mass is 336 g/mol. The predicted molar refractivity (Wildman–Crippen MR) is 99.3 cm³/mol. The minimum atomic E-state index is -1.33. The molecule has 2 unspecified atom stereocenters. The van der Waals surface area contributed by atoms with Crippen molar-refractivity contribution in [2.24, 2.45) is 15.7 Å². The van der Waals surface area contributed by atoms with Gasteiger partial charge in [0.25, 0.3) is 0 Å². The molecule has 0 fully saturated rings. The number of benzene rings is 1. The molecule has 1 aromatic carbocycles. The van der Waals surface area contributed by atoms with E-state index in [9.17, 15) is 0 Å². The van der Waals surface area contributed by atoms with E-state index in [1.54, 1.807) is 25.6 Å². The van der Waals surface area contributed by atoms with Gasteiger partial charge in [-0.1, -0.05) is 36.4 Å². The zero-order valence-electron chi connectivity index (χ0n) is 13.9. The zero-order valence-corrected chi connectivity index (χ0v) is 13.9. The maximum Gasteiger partial charge on any atom is 0.237 e. The lowest BCUT2D eigenvalue weighted by Gasteiger charge is -2.32. The van der Waals surface area contributed by atoms with Crippen molar-refractivity contribution in [2.45, 2.75) is 11.9 Å². The molecular weight excluding hydrogens is 316 g/mol. The molecule has 0 radical (unpaired) electrons. The van der Waals surface area contributed by atoms with E-state index in [4.69, 9.17) is 10.5 Å². The van der Waals surface area contributed by atoms with Crippen LogP contribution in [-0.2, 0) is 4.74 Å². The molecule has 0 spiro atoms. The van der Waals surface area contributed by atoms with E-state index >= 15 is 0 Å². The van der Waals surface area contributed by atoms with Crippen LogP contribution >= 0.6 is 0 Å². The minimum Gasteiger partial charge on any atom is -0.371 e. The number of aliphatic imine (C=N–C) groups is 2. The third-order valence-corrected chi connectivity index (χ3v) is 3.70. The van der Waals surface area contributed by atoms with Gasteiger partial charge in [0.2, 0.25) is 11.7 Å². The molecule has 4 N–H and O–H groups in total. The number of hydrogen-bond acceptors (Lipinski definition) is 7. The van der Waals surface area contributed by atoms with Crippen LogP contribution in [0, 0.1) is 0 Å². The molecular formula is C18H20N6O. The predicted octanol–water partition coefficient (Wildman–Crippen LogP) is 1.71. The van der Waals surface area contributed by atoms with Crippen molar-refractivity contribution < 1.29 is 4.74 Å². The third kappa shape index (κ3) is 3.73. The molecule has 0 amide bonds. The van der Waals surface area contributed by atoms with Gasteiger partial charge in [0.05, 0.1) is 0 Å². The lowest BCUT2D eigenvalue weighted by Crippen LogP contribution is -2.55. The Morgan fingerprint density at radius 1 is 1.20 bits per heavy atom. The number of pyridine rings is 1. The van der Waals surface area contributed by atoms with Crippen molar-refractivity contribution in [3.8, 4) is 0 Å². The first-order valence-corrected chi connectivity index (χ1v) is 7.78. The number of guanidine groups is 1. The number of hydrogen-bond donors (Lipinski definition) is 3. The van der Waals surface area contributed by atoms with E-state index in [2.05, 4.69) is 32.2 Å². The fourth-order valence-corrected chi connectivity index (χ4v) is 2.49. The SMILES string of the molecule is C=CC(OC)C1(N)N=C(Nc2ccncc2)NC(c2ccccc2)=N1. The van der Waals surface area contributed by atoms with Gasteiger partial charge in [-0.15, -0.1) is 6.58 Å². The highest BCUT2D eigenvalue weighted by molar-refractivity contribution is 6.13. The van der Waals surface area contributed by atoms with Crippen LogP contribution in [0.4, 0.5) is 5.69 Å². The van der Waals surface area contributed by atoms with Crippen molar-refractivity contribution in [3.63, 3.8) is 0 Å². The first kappa shape index (κ1) is 16.8. The summed E-state index contributed by atoms with van der Waals surface area (Å²) in [6.07, 6.45) is 4.39. The van der Waals surface area contributed by atoms with Gasteiger partial charge in [-0.2, -0.15) is 0 Å². The maximum atomic E-state index is 6.43. The van der Waals surface area contributed by atoms with Gasteiger partial charge in [-0.05, 0) is 12.1 Å². The average molecular weight is 336 g/mol. The Kier molecular flexibility index (Phi) is 4.87. The van der Waals surface area contributed by atoms with Crippen molar-refractivity contribution in [1.29, 1.82) is 0 Å². The summed E-state index contributed by atoms with van der Waals surface area (Å²) in [6.45, 7) is 3.77. The van der Waals surface area contributed by atoms with Gasteiger partial charge in [0.15, 0.2) is 0 Å². The third-order valence-electron chi connectivity index (χ3n) is 3.70. The Morgan fingerprint density at radius 2 is 1.92 bits per heavy atom. The number of amidine groups is 1. The molecule has 0 saturated carbocycles. The van der Waals surface area contributed by atoms with E-state index in [0.29, 0.717) is 11.8 Å². The summed E-state index contributed by atoms with van der Waals surface area (Å²) in [5, 5.41) is 6.36. The van der Waals surface area contributed by atoms with Crippen LogP contribution in [0.1, 0.15) is 5.56 Å². The zero-order chi connectivity index (χ0) is 17.7. The van der Waals surface area contributed by atoms with Gasteiger partial charge < -0.3 is 15.4 Å². The van der Waals surface area contributed by atoms with Gasteiger partial charge in [-0.3, -0.25) is 10.7 Å². The Bertz CT molecular complexity index is 790. The largest absolute Gasteiger partial charge is 0.371 e. The van der Waals surface area contributed by atoms with Gasteiger partial charge >= 0.3 is 0 Å². The van der Waals surface area contributed by atoms with Gasteiger partial charge in [0.1, 0.15) is 11.9 Å². The first-order chi connectivity index (χ1) is 12.1. The van der Waals surface area contributed by atoms with Gasteiger partial charge in [0, 0.05) is 30.8 Å². The van der Waals surface area contributed by atoms with Crippen LogP contribution < -0.4 is 16.4 Å². The summed E-state index contributed by atoms with van der Waals surface area (Å²) in [5.74, 6) is -0.271. The molecule has 2 atom stereocenters. The summed E-state index contributed by atoms with van der Waals surface area (Å²) in [4.78, 5) is 13.1. The summed E-state index contributed by atoms with van der Waals surface area (Å²) in [5.41, 5.74) is 8.15. The summed E-state index contributed by atoms with van der Waals surface area (Å²) in [7, 11) is 1.55. The highest BCUT2D eigenvalue weighted by atomic mass is 16.5. The fourth-order valence-electron chi connectivity index (χ4n) is 2.49. The number of anilines is 1. The normalized spacial score (nSPS) is 20.7. The van der Waals surface area contributed by atoms with E-state index < -0.39 is 11.9 Å². The van der Waals surface area contributed by atoms with Crippen LogP contribution in [0.5, 0.6) is 0 Å². The van der Waals surface area contributed by atoms with E-state index in [1.807, 2.05) is 42.5 Å². The molecule has 1 aliphatic heterocycles. The van der Waals surface area contributed by atoms with Crippen molar-refractivity contribution >= 4 is 17.5 Å². The van der Waals surface area contributed by atoms with E-state index in [-0.39, 0.29) is 0 Å². The van der Waals surface area contributed by atoms with Crippen molar-refractivity contribution in [2.75, 3.05) is 12.4 Å². The number of nitrogens with zero attached hydrogens (tertiary/aromatic N) is 3. The van der Waals surface area contributed by atoms with Crippen molar-refractivity contribution in [1.82, 2.24) is 10.3 Å². The topological polar surface area (TPSA) is 96.9 Å². The second-order valence-corrected chi connectivity index (χ2v) is 5.45. The Morgan fingerprint density at radius 3 is 2.56 bits per heavy atom. The Hall–Kier alpha value is -3.03. The molecule has 7 nitrogen and oxygen atoms in total. The molecule has 0 saturated heterocycles. The first-order valence-electron chi connectivity index (χ1n) is 7.78. The molecule has 2 heterocycles. The molecule has 0 bridgehead atoms. The molecule has 25 heavy (non-hydrogen) atoms. The molecule has 1 aromatic heterocycles. The Labute approximate surface area is 146 Å². The van der Waals surface area contributed by atoms with E-state index in [0.717, 1.165) is 11.3 Å².